The summed E-state index contributed by atoms with van der Waals surface area (Å²) in [6, 6.07) is 6.97. The van der Waals surface area contributed by atoms with Gasteiger partial charge in [-0.3, -0.25) is 14.0 Å². The fourth-order valence-electron chi connectivity index (χ4n) is 3.39. The standard InChI is InChI=1S/C19H20N4O4/c1-13-16(23-7-3-5-14(26-2)17(23)20-13)19(25)22-10-8-21(9-11-22)18(24)15-6-4-12-27-15/h3-7,12H,8-11H2,1-2H3. The number of carbonyl (C=O) groups is 2. The molecule has 27 heavy (non-hydrogen) atoms. The van der Waals surface area contributed by atoms with Crippen molar-refractivity contribution in [3.63, 3.8) is 0 Å². The molecule has 8 heteroatoms. The van der Waals surface area contributed by atoms with Gasteiger partial charge < -0.3 is 19.0 Å². The number of fused-ring (bicyclic) bond motifs is 1. The molecule has 1 fully saturated rings. The molecule has 0 atom stereocenters. The van der Waals surface area contributed by atoms with E-state index in [1.54, 1.807) is 33.4 Å². The van der Waals surface area contributed by atoms with E-state index in [2.05, 4.69) is 4.98 Å². The number of carbonyl (C=O) groups excluding carboxylic acids is 2. The lowest BCUT2D eigenvalue weighted by Gasteiger charge is -2.34. The van der Waals surface area contributed by atoms with Gasteiger partial charge in [-0.25, -0.2) is 4.98 Å². The van der Waals surface area contributed by atoms with Crippen LogP contribution in [0.5, 0.6) is 5.75 Å². The van der Waals surface area contributed by atoms with Crippen LogP contribution in [0.25, 0.3) is 5.65 Å². The number of ether oxygens (including phenoxy) is 1. The van der Waals surface area contributed by atoms with Crippen LogP contribution in [0.2, 0.25) is 0 Å². The van der Waals surface area contributed by atoms with Gasteiger partial charge in [0.05, 0.1) is 19.1 Å². The van der Waals surface area contributed by atoms with Gasteiger partial charge in [0.1, 0.15) is 5.69 Å². The van der Waals surface area contributed by atoms with E-state index >= 15 is 0 Å². The Hall–Kier alpha value is -3.29. The molecule has 0 radical (unpaired) electrons. The Morgan fingerprint density at radius 3 is 2.41 bits per heavy atom. The SMILES string of the molecule is COc1cccn2c(C(=O)N3CCN(C(=O)c4ccco4)CC3)c(C)nc12. The van der Waals surface area contributed by atoms with E-state index in [0.29, 0.717) is 54.7 Å². The molecular formula is C19H20N4O4. The molecule has 3 aromatic rings. The van der Waals surface area contributed by atoms with Crippen molar-refractivity contribution in [2.75, 3.05) is 33.3 Å². The highest BCUT2D eigenvalue weighted by atomic mass is 16.5. The van der Waals surface area contributed by atoms with E-state index in [4.69, 9.17) is 9.15 Å². The maximum absolute atomic E-state index is 13.1. The Labute approximate surface area is 155 Å². The average Bonchev–Trinajstić information content (AvgIpc) is 3.34. The fourth-order valence-corrected chi connectivity index (χ4v) is 3.39. The molecule has 0 spiro atoms. The normalized spacial score (nSPS) is 14.6. The van der Waals surface area contributed by atoms with Crippen LogP contribution in [-0.4, -0.2) is 64.3 Å². The van der Waals surface area contributed by atoms with Crippen molar-refractivity contribution < 1.29 is 18.7 Å². The largest absolute Gasteiger partial charge is 0.493 e. The zero-order chi connectivity index (χ0) is 19.0. The molecule has 1 aliphatic heterocycles. The molecule has 8 nitrogen and oxygen atoms in total. The van der Waals surface area contributed by atoms with Gasteiger partial charge in [-0.15, -0.1) is 0 Å². The molecule has 1 saturated heterocycles. The summed E-state index contributed by atoms with van der Waals surface area (Å²) >= 11 is 0. The third-order valence-corrected chi connectivity index (χ3v) is 4.80. The van der Waals surface area contributed by atoms with Gasteiger partial charge in [0, 0.05) is 32.4 Å². The highest BCUT2D eigenvalue weighted by Crippen LogP contribution is 2.23. The molecule has 0 saturated carbocycles. The van der Waals surface area contributed by atoms with Crippen molar-refractivity contribution in [2.45, 2.75) is 6.92 Å². The number of imidazole rings is 1. The van der Waals surface area contributed by atoms with Crippen LogP contribution in [0.3, 0.4) is 0 Å². The Balaban J connectivity index is 1.53. The minimum Gasteiger partial charge on any atom is -0.493 e. The van der Waals surface area contributed by atoms with Gasteiger partial charge in [-0.05, 0) is 31.2 Å². The van der Waals surface area contributed by atoms with Gasteiger partial charge in [0.15, 0.2) is 17.2 Å². The van der Waals surface area contributed by atoms with Crippen LogP contribution >= 0.6 is 0 Å². The van der Waals surface area contributed by atoms with Crippen molar-refractivity contribution >= 4 is 17.5 Å². The first kappa shape index (κ1) is 17.1. The van der Waals surface area contributed by atoms with E-state index < -0.39 is 0 Å². The summed E-state index contributed by atoms with van der Waals surface area (Å²) in [6.07, 6.45) is 3.29. The van der Waals surface area contributed by atoms with E-state index in [1.807, 2.05) is 25.3 Å². The number of aryl methyl sites for hydroxylation is 1. The van der Waals surface area contributed by atoms with Crippen molar-refractivity contribution in [3.8, 4) is 5.75 Å². The number of furan rings is 1. The molecule has 1 aliphatic rings. The zero-order valence-corrected chi connectivity index (χ0v) is 15.2. The van der Waals surface area contributed by atoms with Crippen LogP contribution < -0.4 is 4.74 Å². The first-order valence-electron chi connectivity index (χ1n) is 8.74. The van der Waals surface area contributed by atoms with Gasteiger partial charge in [0.25, 0.3) is 11.8 Å². The second-order valence-electron chi connectivity index (χ2n) is 6.38. The van der Waals surface area contributed by atoms with E-state index in [-0.39, 0.29) is 11.8 Å². The van der Waals surface area contributed by atoms with Crippen molar-refractivity contribution in [2.24, 2.45) is 0 Å². The topological polar surface area (TPSA) is 80.3 Å². The molecule has 0 aliphatic carbocycles. The molecule has 4 rings (SSSR count). The summed E-state index contributed by atoms with van der Waals surface area (Å²) in [4.78, 5) is 33.4. The molecule has 0 N–H and O–H groups in total. The lowest BCUT2D eigenvalue weighted by Crippen LogP contribution is -2.50. The molecule has 3 aromatic heterocycles. The molecule has 0 aromatic carbocycles. The van der Waals surface area contributed by atoms with E-state index in [0.717, 1.165) is 0 Å². The number of piperazine rings is 1. The lowest BCUT2D eigenvalue weighted by atomic mass is 10.2. The van der Waals surface area contributed by atoms with Crippen LogP contribution in [0.4, 0.5) is 0 Å². The first-order valence-corrected chi connectivity index (χ1v) is 8.74. The van der Waals surface area contributed by atoms with Crippen LogP contribution in [0, 0.1) is 6.92 Å². The van der Waals surface area contributed by atoms with Crippen molar-refractivity contribution in [1.29, 1.82) is 0 Å². The fraction of sp³-hybridized carbons (Fsp3) is 0.316. The molecule has 140 valence electrons. The monoisotopic (exact) mass is 368 g/mol. The number of aromatic nitrogens is 2. The number of pyridine rings is 1. The first-order chi connectivity index (χ1) is 13.1. The molecule has 2 amide bonds. The number of amides is 2. The minimum atomic E-state index is -0.150. The number of methoxy groups -OCH3 is 1. The van der Waals surface area contributed by atoms with Gasteiger partial charge in [-0.1, -0.05) is 0 Å². The number of hydrogen-bond donors (Lipinski definition) is 0. The minimum absolute atomic E-state index is 0.0987. The highest BCUT2D eigenvalue weighted by Gasteiger charge is 2.29. The molecule has 4 heterocycles. The highest BCUT2D eigenvalue weighted by molar-refractivity contribution is 5.95. The summed E-state index contributed by atoms with van der Waals surface area (Å²) in [5.41, 5.74) is 1.79. The Kier molecular flexibility index (Phi) is 4.31. The maximum atomic E-state index is 13.1. The molecule has 0 unspecified atom stereocenters. The average molecular weight is 368 g/mol. The zero-order valence-electron chi connectivity index (χ0n) is 15.2. The molecular weight excluding hydrogens is 348 g/mol. The third kappa shape index (κ3) is 2.92. The predicted molar refractivity (Wildman–Crippen MR) is 97.0 cm³/mol. The Morgan fingerprint density at radius 2 is 1.78 bits per heavy atom. The van der Waals surface area contributed by atoms with Gasteiger partial charge >= 0.3 is 0 Å². The Morgan fingerprint density at radius 1 is 1.07 bits per heavy atom. The van der Waals surface area contributed by atoms with Gasteiger partial charge in [0.2, 0.25) is 0 Å². The Bertz CT molecular complexity index is 985. The number of hydrogen-bond acceptors (Lipinski definition) is 5. The number of nitrogens with zero attached hydrogens (tertiary/aromatic N) is 4. The van der Waals surface area contributed by atoms with Crippen LogP contribution in [0.1, 0.15) is 26.7 Å². The third-order valence-electron chi connectivity index (χ3n) is 4.80. The summed E-state index contributed by atoms with van der Waals surface area (Å²) in [7, 11) is 1.58. The van der Waals surface area contributed by atoms with Crippen LogP contribution in [-0.2, 0) is 0 Å². The van der Waals surface area contributed by atoms with Crippen LogP contribution in [0.15, 0.2) is 41.1 Å². The second kappa shape index (κ2) is 6.79. The summed E-state index contributed by atoms with van der Waals surface area (Å²) in [5, 5.41) is 0. The smallest absolute Gasteiger partial charge is 0.289 e. The van der Waals surface area contributed by atoms with E-state index in [9.17, 15) is 9.59 Å². The maximum Gasteiger partial charge on any atom is 0.289 e. The number of rotatable bonds is 3. The summed E-state index contributed by atoms with van der Waals surface area (Å²) in [5.74, 6) is 0.689. The molecule has 0 bridgehead atoms. The summed E-state index contributed by atoms with van der Waals surface area (Å²) < 4.78 is 12.3. The van der Waals surface area contributed by atoms with Crippen molar-refractivity contribution in [3.05, 3.63) is 53.9 Å². The van der Waals surface area contributed by atoms with Crippen molar-refractivity contribution in [1.82, 2.24) is 19.2 Å². The quantitative estimate of drug-likeness (QED) is 0.705. The predicted octanol–water partition coefficient (Wildman–Crippen LogP) is 1.84. The van der Waals surface area contributed by atoms with E-state index in [1.165, 1.54) is 6.26 Å². The second-order valence-corrected chi connectivity index (χ2v) is 6.38. The van der Waals surface area contributed by atoms with Gasteiger partial charge in [-0.2, -0.15) is 0 Å². The summed E-state index contributed by atoms with van der Waals surface area (Å²) in [6.45, 7) is 3.66. The lowest BCUT2D eigenvalue weighted by molar-refractivity contribution is 0.0514.